The van der Waals surface area contributed by atoms with E-state index in [0.717, 1.165) is 30.1 Å². The average Bonchev–Trinajstić information content (AvgIpc) is 3.01. The lowest BCUT2D eigenvalue weighted by atomic mass is 9.95. The summed E-state index contributed by atoms with van der Waals surface area (Å²) in [6.07, 6.45) is 1.16. The van der Waals surface area contributed by atoms with Gasteiger partial charge in [-0.1, -0.05) is 58.9 Å². The van der Waals surface area contributed by atoms with Crippen LogP contribution >= 0.6 is 0 Å². The van der Waals surface area contributed by atoms with Gasteiger partial charge in [0.2, 0.25) is 0 Å². The number of para-hydroxylation sites is 2. The molecular weight excluding hydrogens is 320 g/mol. The van der Waals surface area contributed by atoms with Gasteiger partial charge < -0.3 is 9.30 Å². The zero-order valence-electron chi connectivity index (χ0n) is 16.6. The van der Waals surface area contributed by atoms with E-state index in [4.69, 9.17) is 9.72 Å². The van der Waals surface area contributed by atoms with Crippen LogP contribution in [0.3, 0.4) is 0 Å². The first-order valence-corrected chi connectivity index (χ1v) is 9.58. The van der Waals surface area contributed by atoms with Crippen molar-refractivity contribution in [3.63, 3.8) is 0 Å². The molecule has 0 aliphatic carbocycles. The predicted octanol–water partition coefficient (Wildman–Crippen LogP) is 5.93. The van der Waals surface area contributed by atoms with Gasteiger partial charge in [0, 0.05) is 5.41 Å². The molecule has 0 aliphatic rings. The van der Waals surface area contributed by atoms with Gasteiger partial charge in [0.1, 0.15) is 18.2 Å². The van der Waals surface area contributed by atoms with Crippen molar-refractivity contribution in [3.8, 4) is 5.75 Å². The smallest absolute Gasteiger partial charge is 0.119 e. The summed E-state index contributed by atoms with van der Waals surface area (Å²) < 4.78 is 8.31. The number of nitrogens with zero attached hydrogens (tertiary/aromatic N) is 2. The predicted molar refractivity (Wildman–Crippen MR) is 109 cm³/mol. The minimum atomic E-state index is -0.00302. The van der Waals surface area contributed by atoms with Gasteiger partial charge in [0.25, 0.3) is 0 Å². The second-order valence-corrected chi connectivity index (χ2v) is 8.05. The monoisotopic (exact) mass is 350 g/mol. The molecule has 0 aliphatic heterocycles. The molecule has 0 bridgehead atoms. The topological polar surface area (TPSA) is 27.1 Å². The van der Waals surface area contributed by atoms with E-state index in [2.05, 4.69) is 81.7 Å². The molecule has 2 aromatic carbocycles. The molecular formula is C23H30N2O. The van der Waals surface area contributed by atoms with E-state index in [9.17, 15) is 0 Å². The molecule has 1 atom stereocenters. The fraction of sp³-hybridized carbons (Fsp3) is 0.435. The number of fused-ring (bicyclic) bond motifs is 1. The van der Waals surface area contributed by atoms with Crippen LogP contribution in [0, 0.1) is 0 Å². The maximum Gasteiger partial charge on any atom is 0.119 e. The molecule has 0 saturated carbocycles. The van der Waals surface area contributed by atoms with Crippen LogP contribution < -0.4 is 4.74 Å². The maximum atomic E-state index is 6.02. The van der Waals surface area contributed by atoms with Gasteiger partial charge in [-0.3, -0.25) is 0 Å². The second kappa shape index (κ2) is 7.53. The van der Waals surface area contributed by atoms with Crippen LogP contribution in [-0.4, -0.2) is 16.2 Å². The lowest BCUT2D eigenvalue weighted by Crippen LogP contribution is -2.21. The third kappa shape index (κ3) is 3.92. The van der Waals surface area contributed by atoms with Crippen LogP contribution in [0.5, 0.6) is 5.75 Å². The number of aromatic nitrogens is 2. The SMILES string of the molecule is CCC(C)c1ccc(OCCn2c(C(C)(C)C)nc3ccccc32)cc1. The van der Waals surface area contributed by atoms with Crippen LogP contribution in [0.15, 0.2) is 48.5 Å². The normalized spacial score (nSPS) is 13.1. The molecule has 0 N–H and O–H groups in total. The zero-order valence-corrected chi connectivity index (χ0v) is 16.6. The summed E-state index contributed by atoms with van der Waals surface area (Å²) in [5.74, 6) is 2.63. The molecule has 0 fully saturated rings. The molecule has 0 saturated heterocycles. The summed E-state index contributed by atoms with van der Waals surface area (Å²) in [7, 11) is 0. The molecule has 1 aromatic heterocycles. The zero-order chi connectivity index (χ0) is 18.7. The minimum absolute atomic E-state index is 0.00302. The largest absolute Gasteiger partial charge is 0.492 e. The van der Waals surface area contributed by atoms with Crippen molar-refractivity contribution in [2.24, 2.45) is 0 Å². The van der Waals surface area contributed by atoms with Crippen molar-refractivity contribution < 1.29 is 4.74 Å². The number of ether oxygens (including phenoxy) is 1. The molecule has 0 amide bonds. The van der Waals surface area contributed by atoms with E-state index in [-0.39, 0.29) is 5.41 Å². The van der Waals surface area contributed by atoms with Crippen molar-refractivity contribution in [2.75, 3.05) is 6.61 Å². The summed E-state index contributed by atoms with van der Waals surface area (Å²) in [6.45, 7) is 12.5. The highest BCUT2D eigenvalue weighted by atomic mass is 16.5. The van der Waals surface area contributed by atoms with E-state index in [1.54, 1.807) is 0 Å². The Morgan fingerprint density at radius 1 is 1.04 bits per heavy atom. The molecule has 1 heterocycles. The maximum absolute atomic E-state index is 6.02. The number of benzene rings is 2. The summed E-state index contributed by atoms with van der Waals surface area (Å²) >= 11 is 0. The Morgan fingerprint density at radius 2 is 1.73 bits per heavy atom. The van der Waals surface area contributed by atoms with E-state index < -0.39 is 0 Å². The Labute approximate surface area is 157 Å². The molecule has 3 nitrogen and oxygen atoms in total. The molecule has 26 heavy (non-hydrogen) atoms. The van der Waals surface area contributed by atoms with E-state index in [0.29, 0.717) is 12.5 Å². The number of imidazole rings is 1. The van der Waals surface area contributed by atoms with Crippen LogP contribution in [0.1, 0.15) is 58.3 Å². The molecule has 0 spiro atoms. The average molecular weight is 351 g/mol. The Bertz CT molecular complexity index is 856. The van der Waals surface area contributed by atoms with Crippen LogP contribution in [0.4, 0.5) is 0 Å². The van der Waals surface area contributed by atoms with Crippen molar-refractivity contribution in [1.82, 2.24) is 9.55 Å². The Morgan fingerprint density at radius 3 is 2.38 bits per heavy atom. The van der Waals surface area contributed by atoms with Crippen LogP contribution in [-0.2, 0) is 12.0 Å². The summed E-state index contributed by atoms with van der Waals surface area (Å²) in [4.78, 5) is 4.86. The second-order valence-electron chi connectivity index (χ2n) is 8.05. The highest BCUT2D eigenvalue weighted by Crippen LogP contribution is 2.26. The Kier molecular flexibility index (Phi) is 5.36. The van der Waals surface area contributed by atoms with E-state index in [1.807, 2.05) is 6.07 Å². The molecule has 0 radical (unpaired) electrons. The first-order valence-electron chi connectivity index (χ1n) is 9.58. The van der Waals surface area contributed by atoms with Gasteiger partial charge in [-0.15, -0.1) is 0 Å². The third-order valence-electron chi connectivity index (χ3n) is 4.97. The summed E-state index contributed by atoms with van der Waals surface area (Å²) in [6, 6.07) is 16.8. The standard InChI is InChI=1S/C23H30N2O/c1-6-17(2)18-11-13-19(14-12-18)26-16-15-25-21-10-8-7-9-20(21)24-22(25)23(3,4)5/h7-14,17H,6,15-16H2,1-5H3. The Balaban J connectivity index is 1.74. The molecule has 138 valence electrons. The lowest BCUT2D eigenvalue weighted by molar-refractivity contribution is 0.294. The number of hydrogen-bond donors (Lipinski definition) is 0. The van der Waals surface area contributed by atoms with Gasteiger partial charge in [-0.05, 0) is 42.2 Å². The van der Waals surface area contributed by atoms with E-state index in [1.165, 1.54) is 11.1 Å². The van der Waals surface area contributed by atoms with Gasteiger partial charge in [-0.2, -0.15) is 0 Å². The number of rotatable bonds is 6. The van der Waals surface area contributed by atoms with Gasteiger partial charge in [0.15, 0.2) is 0 Å². The highest BCUT2D eigenvalue weighted by molar-refractivity contribution is 5.76. The minimum Gasteiger partial charge on any atom is -0.492 e. The fourth-order valence-electron chi connectivity index (χ4n) is 3.26. The highest BCUT2D eigenvalue weighted by Gasteiger charge is 2.22. The molecule has 3 aromatic rings. The third-order valence-corrected chi connectivity index (χ3v) is 4.97. The van der Waals surface area contributed by atoms with Crippen molar-refractivity contribution in [1.29, 1.82) is 0 Å². The van der Waals surface area contributed by atoms with Crippen molar-refractivity contribution in [2.45, 2.75) is 58.9 Å². The van der Waals surface area contributed by atoms with Gasteiger partial charge in [-0.25, -0.2) is 4.98 Å². The summed E-state index contributed by atoms with van der Waals surface area (Å²) in [5.41, 5.74) is 3.59. The van der Waals surface area contributed by atoms with Gasteiger partial charge in [0.05, 0.1) is 17.6 Å². The first kappa shape index (κ1) is 18.5. The molecule has 1 unspecified atom stereocenters. The fourth-order valence-corrected chi connectivity index (χ4v) is 3.26. The summed E-state index contributed by atoms with van der Waals surface area (Å²) in [5, 5.41) is 0. The Hall–Kier alpha value is -2.29. The van der Waals surface area contributed by atoms with Crippen molar-refractivity contribution >= 4 is 11.0 Å². The van der Waals surface area contributed by atoms with Crippen LogP contribution in [0.2, 0.25) is 0 Å². The van der Waals surface area contributed by atoms with Gasteiger partial charge >= 0.3 is 0 Å². The van der Waals surface area contributed by atoms with E-state index >= 15 is 0 Å². The number of hydrogen-bond acceptors (Lipinski definition) is 2. The van der Waals surface area contributed by atoms with Crippen LogP contribution in [0.25, 0.3) is 11.0 Å². The molecule has 3 rings (SSSR count). The lowest BCUT2D eigenvalue weighted by Gasteiger charge is -2.20. The quantitative estimate of drug-likeness (QED) is 0.551. The van der Waals surface area contributed by atoms with Crippen molar-refractivity contribution in [3.05, 3.63) is 59.9 Å². The first-order chi connectivity index (χ1) is 12.4. The molecule has 3 heteroatoms.